The van der Waals surface area contributed by atoms with Crippen LogP contribution >= 0.6 is 11.3 Å². The van der Waals surface area contributed by atoms with Crippen molar-refractivity contribution in [3.63, 3.8) is 0 Å². The molecule has 5 rings (SSSR count). The number of thiophene rings is 1. The predicted molar refractivity (Wildman–Crippen MR) is 150 cm³/mol. The molecule has 2 aromatic rings. The number of hydrazine groups is 1. The molecule has 0 spiro atoms. The number of amides is 2. The molecule has 0 radical (unpaired) electrons. The third kappa shape index (κ3) is 5.10. The fraction of sp³-hybridized carbons (Fsp3) is 0.633. The topological polar surface area (TPSA) is 85.4 Å². The third-order valence-corrected chi connectivity index (χ3v) is 8.70. The van der Waals surface area contributed by atoms with Gasteiger partial charge in [0.15, 0.2) is 0 Å². The Morgan fingerprint density at radius 3 is 1.92 bits per heavy atom. The van der Waals surface area contributed by atoms with Crippen molar-refractivity contribution in [1.29, 1.82) is 0 Å². The maximum Gasteiger partial charge on any atom is 0.429 e. The van der Waals surface area contributed by atoms with Gasteiger partial charge in [-0.1, -0.05) is 18.2 Å². The molecule has 1 aliphatic heterocycles. The Bertz CT molecular complexity index is 1310. The van der Waals surface area contributed by atoms with Crippen molar-refractivity contribution in [3.05, 3.63) is 34.7 Å². The first kappa shape index (κ1) is 27.7. The highest BCUT2D eigenvalue weighted by Gasteiger charge is 2.66. The second-order valence-electron chi connectivity index (χ2n) is 13.9. The molecule has 2 heterocycles. The van der Waals surface area contributed by atoms with Crippen LogP contribution < -0.4 is 0 Å². The zero-order chi connectivity index (χ0) is 28.7. The zero-order valence-corrected chi connectivity index (χ0v) is 25.2. The summed E-state index contributed by atoms with van der Waals surface area (Å²) in [6.07, 6.45) is -0.315. The number of carbonyl (C=O) groups is 3. The maximum atomic E-state index is 13.6. The molecule has 0 N–H and O–H groups in total. The van der Waals surface area contributed by atoms with E-state index in [1.807, 2.05) is 74.4 Å². The first-order valence-electron chi connectivity index (χ1n) is 13.7. The van der Waals surface area contributed by atoms with E-state index >= 15 is 0 Å². The molecule has 2 amide bonds. The monoisotopic (exact) mass is 556 g/mol. The number of rotatable bonds is 2. The Kier molecular flexibility index (Phi) is 6.48. The van der Waals surface area contributed by atoms with Crippen LogP contribution in [0.3, 0.4) is 0 Å². The minimum Gasteiger partial charge on any atom is -0.460 e. The molecule has 2 aliphatic carbocycles. The smallest absolute Gasteiger partial charge is 0.429 e. The van der Waals surface area contributed by atoms with Crippen molar-refractivity contribution in [2.45, 2.75) is 116 Å². The summed E-state index contributed by atoms with van der Waals surface area (Å²) in [5.41, 5.74) is -0.868. The van der Waals surface area contributed by atoms with Crippen molar-refractivity contribution in [3.8, 4) is 0 Å². The van der Waals surface area contributed by atoms with Crippen LogP contribution in [-0.4, -0.2) is 57.1 Å². The first-order valence-corrected chi connectivity index (χ1v) is 14.5. The average molecular weight is 557 g/mol. The molecule has 3 aliphatic rings. The van der Waals surface area contributed by atoms with Gasteiger partial charge in [0.2, 0.25) is 0 Å². The fourth-order valence-electron chi connectivity index (χ4n) is 6.52. The molecule has 1 saturated heterocycles. The van der Waals surface area contributed by atoms with Crippen LogP contribution in [0.15, 0.2) is 24.3 Å². The predicted octanol–water partition coefficient (Wildman–Crippen LogP) is 6.97. The Hall–Kier alpha value is -2.81. The van der Waals surface area contributed by atoms with Crippen molar-refractivity contribution in [2.24, 2.45) is 5.92 Å². The Balaban J connectivity index is 1.59. The molecule has 8 nitrogen and oxygen atoms in total. The molecular formula is C30H40N2O6S. The molecule has 0 unspecified atom stereocenters. The van der Waals surface area contributed by atoms with E-state index in [1.165, 1.54) is 15.6 Å². The van der Waals surface area contributed by atoms with E-state index in [9.17, 15) is 14.4 Å². The van der Waals surface area contributed by atoms with Crippen molar-refractivity contribution in [1.82, 2.24) is 10.0 Å². The van der Waals surface area contributed by atoms with E-state index < -0.39 is 29.0 Å². The minimum atomic E-state index is -0.738. The highest BCUT2D eigenvalue weighted by atomic mass is 32.1. The lowest BCUT2D eigenvalue weighted by Crippen LogP contribution is -2.59. The van der Waals surface area contributed by atoms with Gasteiger partial charge in [-0.15, -0.1) is 11.3 Å². The third-order valence-electron chi connectivity index (χ3n) is 7.38. The summed E-state index contributed by atoms with van der Waals surface area (Å²) in [6, 6.07) is 7.66. The molecular weight excluding hydrogens is 516 g/mol. The van der Waals surface area contributed by atoms with Gasteiger partial charge >= 0.3 is 18.2 Å². The molecule has 1 saturated carbocycles. The normalized spacial score (nSPS) is 26.0. The van der Waals surface area contributed by atoms with E-state index in [0.29, 0.717) is 6.42 Å². The molecule has 2 bridgehead atoms. The van der Waals surface area contributed by atoms with Gasteiger partial charge in [0.25, 0.3) is 0 Å². The molecule has 1 aromatic heterocycles. The lowest BCUT2D eigenvalue weighted by molar-refractivity contribution is -0.156. The summed E-state index contributed by atoms with van der Waals surface area (Å²) in [7, 11) is 0. The van der Waals surface area contributed by atoms with Crippen LogP contribution in [0.5, 0.6) is 0 Å². The van der Waals surface area contributed by atoms with Gasteiger partial charge in [-0.3, -0.25) is 4.79 Å². The number of carbonyl (C=O) groups excluding carboxylic acids is 3. The SMILES string of the molecule is CC(C)(C)OC(=O)C[C@@H]1c2sc3ccccc3c2[C@@H]2[C@H]1[C@@H]1C[C@H]2N(C(=O)OC(C)(C)C)N1C(=O)OC(C)(C)C. The Labute approximate surface area is 234 Å². The zero-order valence-electron chi connectivity index (χ0n) is 24.4. The summed E-state index contributed by atoms with van der Waals surface area (Å²) in [5.74, 6) is -0.454. The van der Waals surface area contributed by atoms with Gasteiger partial charge in [0.05, 0.1) is 18.5 Å². The van der Waals surface area contributed by atoms with Crippen molar-refractivity contribution < 1.29 is 28.6 Å². The number of esters is 1. The molecule has 5 atom stereocenters. The van der Waals surface area contributed by atoms with Gasteiger partial charge < -0.3 is 14.2 Å². The molecule has 2 fully saturated rings. The van der Waals surface area contributed by atoms with Crippen molar-refractivity contribution >= 4 is 39.6 Å². The second-order valence-corrected chi connectivity index (χ2v) is 15.0. The van der Waals surface area contributed by atoms with E-state index in [0.717, 1.165) is 15.0 Å². The van der Waals surface area contributed by atoms with Crippen LogP contribution in [0, 0.1) is 5.92 Å². The maximum absolute atomic E-state index is 13.6. The standard InChI is InChI=1S/C30H40N2O6S/c1-28(2,3)36-21(33)14-17-22-18-15-19(24(22)23-16-12-10-11-13-20(16)39-25(17)23)32(27(35)38-30(7,8)9)31(18)26(34)37-29(4,5)6/h10-13,17-19,22,24H,14-15H2,1-9H3/t17-,18-,19+,22+,24-/m0/s1. The summed E-state index contributed by atoms with van der Waals surface area (Å²) in [4.78, 5) is 41.6. The number of hydrogen-bond acceptors (Lipinski definition) is 7. The van der Waals surface area contributed by atoms with Gasteiger partial charge in [-0.05, 0) is 91.7 Å². The number of ether oxygens (including phenoxy) is 3. The van der Waals surface area contributed by atoms with Gasteiger partial charge in [-0.2, -0.15) is 0 Å². The van der Waals surface area contributed by atoms with Crippen molar-refractivity contribution in [2.75, 3.05) is 0 Å². The van der Waals surface area contributed by atoms with Crippen LogP contribution in [-0.2, 0) is 19.0 Å². The van der Waals surface area contributed by atoms with E-state index in [2.05, 4.69) is 12.1 Å². The fourth-order valence-corrected chi connectivity index (χ4v) is 7.94. The summed E-state index contributed by atoms with van der Waals surface area (Å²) < 4.78 is 18.5. The van der Waals surface area contributed by atoms with Gasteiger partial charge in [0, 0.05) is 21.4 Å². The number of benzene rings is 1. The highest BCUT2D eigenvalue weighted by Crippen LogP contribution is 2.65. The summed E-state index contributed by atoms with van der Waals surface area (Å²) >= 11 is 1.71. The van der Waals surface area contributed by atoms with Gasteiger partial charge in [-0.25, -0.2) is 19.6 Å². The minimum absolute atomic E-state index is 0.0280. The Morgan fingerprint density at radius 1 is 0.821 bits per heavy atom. The molecule has 39 heavy (non-hydrogen) atoms. The highest BCUT2D eigenvalue weighted by molar-refractivity contribution is 7.19. The molecule has 212 valence electrons. The van der Waals surface area contributed by atoms with Crippen LogP contribution in [0.4, 0.5) is 9.59 Å². The Morgan fingerprint density at radius 2 is 1.36 bits per heavy atom. The summed E-state index contributed by atoms with van der Waals surface area (Å²) in [6.45, 7) is 16.5. The van der Waals surface area contributed by atoms with Crippen LogP contribution in [0.1, 0.15) is 97.4 Å². The van der Waals surface area contributed by atoms with E-state index in [-0.39, 0.29) is 42.2 Å². The summed E-state index contributed by atoms with van der Waals surface area (Å²) in [5, 5.41) is 4.13. The van der Waals surface area contributed by atoms with Crippen LogP contribution in [0.2, 0.25) is 0 Å². The van der Waals surface area contributed by atoms with E-state index in [4.69, 9.17) is 14.2 Å². The number of fused-ring (bicyclic) bond motifs is 9. The number of hydrogen-bond donors (Lipinski definition) is 0. The second kappa shape index (κ2) is 9.11. The molecule has 1 aromatic carbocycles. The average Bonchev–Trinajstić information content (AvgIpc) is 3.47. The van der Waals surface area contributed by atoms with Crippen LogP contribution in [0.25, 0.3) is 10.1 Å². The lowest BCUT2D eigenvalue weighted by Gasteiger charge is -2.44. The van der Waals surface area contributed by atoms with E-state index in [1.54, 1.807) is 11.3 Å². The lowest BCUT2D eigenvalue weighted by atomic mass is 9.83. The largest absolute Gasteiger partial charge is 0.460 e. The van der Waals surface area contributed by atoms with Gasteiger partial charge in [0.1, 0.15) is 16.8 Å². The first-order chi connectivity index (χ1) is 18.0. The number of nitrogens with zero attached hydrogens (tertiary/aromatic N) is 2. The quantitative estimate of drug-likeness (QED) is 0.293. The molecule has 9 heteroatoms.